The van der Waals surface area contributed by atoms with Gasteiger partial charge in [-0.1, -0.05) is 6.07 Å². The molecule has 0 unspecified atom stereocenters. The van der Waals surface area contributed by atoms with Gasteiger partial charge in [0.2, 0.25) is 11.2 Å². The highest BCUT2D eigenvalue weighted by Crippen LogP contribution is 2.26. The molecular weight excluding hydrogens is 286 g/mol. The smallest absolute Gasteiger partial charge is 0.230 e. The summed E-state index contributed by atoms with van der Waals surface area (Å²) in [7, 11) is 0. The van der Waals surface area contributed by atoms with Crippen molar-refractivity contribution in [3.63, 3.8) is 0 Å². The Hall–Kier alpha value is -1.82. The molecule has 0 bridgehead atoms. The topological polar surface area (TPSA) is 41.9 Å². The summed E-state index contributed by atoms with van der Waals surface area (Å²) in [5.41, 5.74) is -0.280. The maximum Gasteiger partial charge on any atom is 0.230 e. The molecule has 1 saturated heterocycles. The zero-order valence-corrected chi connectivity index (χ0v) is 11.2. The Morgan fingerprint density at radius 2 is 1.65 bits per heavy atom. The van der Waals surface area contributed by atoms with Gasteiger partial charge in [-0.05, 0) is 36.6 Å². The largest absolute Gasteiger partial charge is 0.341 e. The molecule has 0 atom stereocenters. The first-order chi connectivity index (χ1) is 9.65. The standard InChI is InChI=1S/C13H11ClF2N4/c14-12-17-11(10-8(15)4-3-5-9(10)16)18-13(19-12)20-6-1-2-7-20/h3-5H,1-2,6-7H2. The SMILES string of the molecule is Fc1cccc(F)c1-c1nc(Cl)nc(N2CCCC2)n1. The van der Waals surface area contributed by atoms with Crippen molar-refractivity contribution in [1.82, 2.24) is 15.0 Å². The minimum Gasteiger partial charge on any atom is -0.341 e. The van der Waals surface area contributed by atoms with Crippen LogP contribution in [0.3, 0.4) is 0 Å². The van der Waals surface area contributed by atoms with Crippen LogP contribution in [0.15, 0.2) is 18.2 Å². The van der Waals surface area contributed by atoms with E-state index in [-0.39, 0.29) is 16.7 Å². The fraction of sp³-hybridized carbons (Fsp3) is 0.308. The van der Waals surface area contributed by atoms with Crippen molar-refractivity contribution in [2.45, 2.75) is 12.8 Å². The summed E-state index contributed by atoms with van der Waals surface area (Å²) >= 11 is 5.85. The summed E-state index contributed by atoms with van der Waals surface area (Å²) in [4.78, 5) is 13.9. The van der Waals surface area contributed by atoms with E-state index in [2.05, 4.69) is 15.0 Å². The third-order valence-electron chi connectivity index (χ3n) is 3.17. The first kappa shape index (κ1) is 13.2. The van der Waals surface area contributed by atoms with Crippen molar-refractivity contribution in [1.29, 1.82) is 0 Å². The third-order valence-corrected chi connectivity index (χ3v) is 3.34. The van der Waals surface area contributed by atoms with Gasteiger partial charge in [0.1, 0.15) is 11.6 Å². The van der Waals surface area contributed by atoms with Crippen LogP contribution in [0.2, 0.25) is 5.28 Å². The molecule has 1 fully saturated rings. The molecule has 1 aromatic heterocycles. The van der Waals surface area contributed by atoms with Crippen LogP contribution in [-0.2, 0) is 0 Å². The van der Waals surface area contributed by atoms with Gasteiger partial charge in [-0.2, -0.15) is 15.0 Å². The van der Waals surface area contributed by atoms with E-state index >= 15 is 0 Å². The van der Waals surface area contributed by atoms with Gasteiger partial charge >= 0.3 is 0 Å². The van der Waals surface area contributed by atoms with Crippen molar-refractivity contribution in [3.8, 4) is 11.4 Å². The first-order valence-corrected chi connectivity index (χ1v) is 6.64. The lowest BCUT2D eigenvalue weighted by molar-refractivity contribution is 0.587. The van der Waals surface area contributed by atoms with Gasteiger partial charge in [-0.3, -0.25) is 0 Å². The quantitative estimate of drug-likeness (QED) is 0.854. The molecule has 0 radical (unpaired) electrons. The normalized spacial score (nSPS) is 14.8. The monoisotopic (exact) mass is 296 g/mol. The van der Waals surface area contributed by atoms with Crippen molar-refractivity contribution in [3.05, 3.63) is 35.1 Å². The molecule has 0 N–H and O–H groups in total. The van der Waals surface area contributed by atoms with Crippen molar-refractivity contribution in [2.24, 2.45) is 0 Å². The molecule has 20 heavy (non-hydrogen) atoms. The molecule has 3 rings (SSSR count). The second kappa shape index (κ2) is 5.28. The molecule has 1 aliphatic rings. The van der Waals surface area contributed by atoms with Gasteiger partial charge in [-0.15, -0.1) is 0 Å². The Balaban J connectivity index is 2.09. The zero-order valence-electron chi connectivity index (χ0n) is 10.5. The molecule has 4 nitrogen and oxygen atoms in total. The number of aromatic nitrogens is 3. The van der Waals surface area contributed by atoms with Crippen molar-refractivity contribution >= 4 is 17.5 Å². The van der Waals surface area contributed by atoms with Crippen LogP contribution in [0.5, 0.6) is 0 Å². The number of hydrogen-bond donors (Lipinski definition) is 0. The molecule has 0 amide bonds. The Morgan fingerprint density at radius 3 is 2.30 bits per heavy atom. The van der Waals surface area contributed by atoms with E-state index in [1.54, 1.807) is 0 Å². The first-order valence-electron chi connectivity index (χ1n) is 6.26. The van der Waals surface area contributed by atoms with Gasteiger partial charge in [0.05, 0.1) is 5.56 Å². The number of halogens is 3. The van der Waals surface area contributed by atoms with Crippen LogP contribution >= 0.6 is 11.6 Å². The lowest BCUT2D eigenvalue weighted by Gasteiger charge is -2.15. The molecule has 0 saturated carbocycles. The highest BCUT2D eigenvalue weighted by atomic mass is 35.5. The second-order valence-electron chi connectivity index (χ2n) is 4.52. The molecule has 2 heterocycles. The molecule has 104 valence electrons. The maximum atomic E-state index is 13.8. The minimum absolute atomic E-state index is 0.0699. The third kappa shape index (κ3) is 2.43. The average molecular weight is 297 g/mol. The molecule has 1 aromatic carbocycles. The molecule has 7 heteroatoms. The fourth-order valence-corrected chi connectivity index (χ4v) is 2.38. The van der Waals surface area contributed by atoms with Gasteiger partial charge in [-0.25, -0.2) is 8.78 Å². The van der Waals surface area contributed by atoms with E-state index in [4.69, 9.17) is 11.6 Å². The van der Waals surface area contributed by atoms with Crippen molar-refractivity contribution in [2.75, 3.05) is 18.0 Å². The maximum absolute atomic E-state index is 13.8. The minimum atomic E-state index is -0.723. The highest BCUT2D eigenvalue weighted by Gasteiger charge is 2.20. The van der Waals surface area contributed by atoms with E-state index in [1.807, 2.05) is 4.90 Å². The predicted octanol–water partition coefficient (Wildman–Crippen LogP) is 3.07. The van der Waals surface area contributed by atoms with E-state index in [1.165, 1.54) is 6.07 Å². The molecular formula is C13H11ClF2N4. The van der Waals surface area contributed by atoms with E-state index < -0.39 is 11.6 Å². The summed E-state index contributed by atoms with van der Waals surface area (Å²) in [6, 6.07) is 3.61. The average Bonchev–Trinajstić information content (AvgIpc) is 2.91. The van der Waals surface area contributed by atoms with Crippen molar-refractivity contribution < 1.29 is 8.78 Å². The van der Waals surface area contributed by atoms with Crippen LogP contribution in [0.1, 0.15) is 12.8 Å². The summed E-state index contributed by atoms with van der Waals surface area (Å²) in [6.45, 7) is 1.61. The van der Waals surface area contributed by atoms with Crippen LogP contribution in [0.4, 0.5) is 14.7 Å². The Kier molecular flexibility index (Phi) is 3.48. The second-order valence-corrected chi connectivity index (χ2v) is 4.86. The number of rotatable bonds is 2. The van der Waals surface area contributed by atoms with E-state index in [9.17, 15) is 8.78 Å². The van der Waals surface area contributed by atoms with Crippen LogP contribution in [0, 0.1) is 11.6 Å². The van der Waals surface area contributed by atoms with E-state index in [0.29, 0.717) is 5.95 Å². The Morgan fingerprint density at radius 1 is 1.00 bits per heavy atom. The predicted molar refractivity (Wildman–Crippen MR) is 71.6 cm³/mol. The number of nitrogens with zero attached hydrogens (tertiary/aromatic N) is 4. The fourth-order valence-electron chi connectivity index (χ4n) is 2.22. The highest BCUT2D eigenvalue weighted by molar-refractivity contribution is 6.28. The van der Waals surface area contributed by atoms with Gasteiger partial charge in [0, 0.05) is 13.1 Å². The molecule has 2 aromatic rings. The number of benzene rings is 1. The summed E-state index contributed by atoms with van der Waals surface area (Å²) in [6.07, 6.45) is 2.07. The molecule has 0 spiro atoms. The molecule has 1 aliphatic heterocycles. The molecule has 0 aliphatic carbocycles. The van der Waals surface area contributed by atoms with Gasteiger partial charge in [0.15, 0.2) is 5.82 Å². The zero-order chi connectivity index (χ0) is 14.1. The lowest BCUT2D eigenvalue weighted by atomic mass is 10.2. The van der Waals surface area contributed by atoms with Crippen LogP contribution in [-0.4, -0.2) is 28.0 Å². The Bertz CT molecular complexity index is 624. The summed E-state index contributed by atoms with van der Waals surface area (Å²) in [5, 5.41) is -0.0699. The van der Waals surface area contributed by atoms with Gasteiger partial charge < -0.3 is 4.90 Å². The van der Waals surface area contributed by atoms with Crippen LogP contribution in [0.25, 0.3) is 11.4 Å². The Labute approximate surface area is 119 Å². The van der Waals surface area contributed by atoms with E-state index in [0.717, 1.165) is 38.1 Å². The van der Waals surface area contributed by atoms with Crippen LogP contribution < -0.4 is 4.90 Å². The summed E-state index contributed by atoms with van der Waals surface area (Å²) in [5.74, 6) is -1.16. The summed E-state index contributed by atoms with van der Waals surface area (Å²) < 4.78 is 27.6. The number of anilines is 1. The lowest BCUT2D eigenvalue weighted by Crippen LogP contribution is -2.21. The number of hydrogen-bond acceptors (Lipinski definition) is 4. The van der Waals surface area contributed by atoms with Gasteiger partial charge in [0.25, 0.3) is 0 Å².